The van der Waals surface area contributed by atoms with Crippen LogP contribution in [-0.4, -0.2) is 26.7 Å². The number of carbonyl (C=O) groups is 1. The molecule has 0 unspecified atom stereocenters. The van der Waals surface area contributed by atoms with Crippen LogP contribution in [0.2, 0.25) is 0 Å². The number of fused-ring (bicyclic) bond motifs is 1. The van der Waals surface area contributed by atoms with E-state index in [1.807, 2.05) is 38.3 Å². The predicted molar refractivity (Wildman–Crippen MR) is 114 cm³/mol. The molecule has 1 aliphatic heterocycles. The summed E-state index contributed by atoms with van der Waals surface area (Å²) in [5, 5.41) is 11.3. The van der Waals surface area contributed by atoms with Crippen LogP contribution in [0.4, 0.5) is 4.39 Å². The van der Waals surface area contributed by atoms with Crippen molar-refractivity contribution in [3.05, 3.63) is 89.9 Å². The predicted octanol–water partition coefficient (Wildman–Crippen LogP) is 4.02. The Balaban J connectivity index is 1.64. The molecule has 3 aromatic rings. The summed E-state index contributed by atoms with van der Waals surface area (Å²) < 4.78 is 14.9. The number of aromatic nitrogens is 3. The van der Waals surface area contributed by atoms with E-state index in [1.165, 1.54) is 12.1 Å². The van der Waals surface area contributed by atoms with Gasteiger partial charge in [-0.1, -0.05) is 13.0 Å². The average molecular weight is 403 g/mol. The number of carbonyl (C=O) groups excluding carboxylic acids is 1. The Morgan fingerprint density at radius 1 is 1.27 bits per heavy atom. The van der Waals surface area contributed by atoms with Crippen molar-refractivity contribution >= 4 is 16.8 Å². The summed E-state index contributed by atoms with van der Waals surface area (Å²) in [7, 11) is 0. The minimum atomic E-state index is -0.318. The van der Waals surface area contributed by atoms with E-state index in [2.05, 4.69) is 20.7 Å². The van der Waals surface area contributed by atoms with Gasteiger partial charge in [-0.25, -0.2) is 9.07 Å². The second-order valence-electron chi connectivity index (χ2n) is 6.95. The van der Waals surface area contributed by atoms with E-state index in [9.17, 15) is 9.18 Å². The Morgan fingerprint density at radius 2 is 2.07 bits per heavy atom. The first-order valence-electron chi connectivity index (χ1n) is 9.80. The van der Waals surface area contributed by atoms with Gasteiger partial charge >= 0.3 is 0 Å². The number of halogens is 1. The van der Waals surface area contributed by atoms with Crippen molar-refractivity contribution in [1.29, 1.82) is 0 Å². The molecule has 0 aliphatic carbocycles. The molecule has 0 saturated heterocycles. The van der Waals surface area contributed by atoms with Crippen molar-refractivity contribution in [2.24, 2.45) is 0 Å². The molecule has 1 aromatic carbocycles. The van der Waals surface area contributed by atoms with E-state index >= 15 is 0 Å². The van der Waals surface area contributed by atoms with E-state index < -0.39 is 0 Å². The zero-order chi connectivity index (χ0) is 21.1. The van der Waals surface area contributed by atoms with Gasteiger partial charge in [-0.3, -0.25) is 9.78 Å². The second-order valence-corrected chi connectivity index (χ2v) is 6.95. The largest absolute Gasteiger partial charge is 0.362 e. The molecule has 4 rings (SSSR count). The van der Waals surface area contributed by atoms with Crippen LogP contribution in [0.3, 0.4) is 0 Å². The Labute approximate surface area is 173 Å². The maximum atomic E-state index is 13.3. The van der Waals surface area contributed by atoms with Crippen LogP contribution in [0.25, 0.3) is 16.6 Å². The third kappa shape index (κ3) is 3.74. The molecular formula is C23H22FN5O. The number of rotatable bonds is 5. The molecule has 1 aliphatic rings. The summed E-state index contributed by atoms with van der Waals surface area (Å²) in [6.45, 7) is 3.99. The number of nitrogens with zero attached hydrogens (tertiary/aromatic N) is 3. The highest BCUT2D eigenvalue weighted by atomic mass is 19.1. The fourth-order valence-corrected chi connectivity index (χ4v) is 3.45. The monoisotopic (exact) mass is 403 g/mol. The molecular weight excluding hydrogens is 381 g/mol. The van der Waals surface area contributed by atoms with Crippen LogP contribution < -0.4 is 10.6 Å². The fraction of sp³-hybridized carbons (Fsp3) is 0.174. The summed E-state index contributed by atoms with van der Waals surface area (Å²) >= 11 is 0. The maximum Gasteiger partial charge on any atom is 0.254 e. The van der Waals surface area contributed by atoms with Crippen molar-refractivity contribution in [1.82, 2.24) is 25.4 Å². The van der Waals surface area contributed by atoms with Gasteiger partial charge in [0.25, 0.3) is 5.91 Å². The third-order valence-electron chi connectivity index (χ3n) is 5.09. The van der Waals surface area contributed by atoms with Crippen molar-refractivity contribution in [3.8, 4) is 5.69 Å². The maximum absolute atomic E-state index is 13.3. The lowest BCUT2D eigenvalue weighted by Crippen LogP contribution is -2.36. The van der Waals surface area contributed by atoms with Crippen LogP contribution in [0.5, 0.6) is 0 Å². The minimum absolute atomic E-state index is 0.131. The van der Waals surface area contributed by atoms with Crippen molar-refractivity contribution in [3.63, 3.8) is 0 Å². The minimum Gasteiger partial charge on any atom is -0.362 e. The second kappa shape index (κ2) is 8.32. The first-order valence-corrected chi connectivity index (χ1v) is 9.80. The molecule has 2 aromatic heterocycles. The SMILES string of the molecule is CC=C1C=C([C@H](CC)NC(=O)c2cncc3c2cnn3-c2ccc(F)cc2)C=CN1. The highest BCUT2D eigenvalue weighted by Crippen LogP contribution is 2.22. The summed E-state index contributed by atoms with van der Waals surface area (Å²) in [4.78, 5) is 17.3. The van der Waals surface area contributed by atoms with E-state index in [0.29, 0.717) is 22.2 Å². The quantitative estimate of drug-likeness (QED) is 0.675. The van der Waals surface area contributed by atoms with Crippen molar-refractivity contribution in [2.45, 2.75) is 26.3 Å². The number of benzene rings is 1. The lowest BCUT2D eigenvalue weighted by Gasteiger charge is -2.21. The Bertz CT molecular complexity index is 1170. The highest BCUT2D eigenvalue weighted by molar-refractivity contribution is 6.06. The number of allylic oxidation sites excluding steroid dienone is 2. The lowest BCUT2D eigenvalue weighted by molar-refractivity contribution is 0.0943. The molecule has 0 bridgehead atoms. The molecule has 30 heavy (non-hydrogen) atoms. The van der Waals surface area contributed by atoms with Crippen molar-refractivity contribution < 1.29 is 9.18 Å². The molecule has 0 radical (unpaired) electrons. The molecule has 6 nitrogen and oxygen atoms in total. The van der Waals surface area contributed by atoms with Crippen LogP contribution in [0, 0.1) is 5.82 Å². The van der Waals surface area contributed by atoms with Gasteiger partial charge in [0.2, 0.25) is 0 Å². The van der Waals surface area contributed by atoms with Gasteiger partial charge in [0.15, 0.2) is 0 Å². The van der Waals surface area contributed by atoms with Gasteiger partial charge in [-0.05, 0) is 55.3 Å². The number of nitrogens with one attached hydrogen (secondary N) is 2. The van der Waals surface area contributed by atoms with Gasteiger partial charge in [0.1, 0.15) is 5.82 Å². The van der Waals surface area contributed by atoms with Gasteiger partial charge < -0.3 is 10.6 Å². The first kappa shape index (κ1) is 19.6. The Hall–Kier alpha value is -3.74. The average Bonchev–Trinajstić information content (AvgIpc) is 3.22. The summed E-state index contributed by atoms with van der Waals surface area (Å²) in [6.07, 6.45) is 13.4. The van der Waals surface area contributed by atoms with E-state index in [1.54, 1.807) is 35.4 Å². The number of amides is 1. The molecule has 0 fully saturated rings. The molecule has 0 spiro atoms. The smallest absolute Gasteiger partial charge is 0.254 e. The van der Waals surface area contributed by atoms with Gasteiger partial charge in [0.05, 0.1) is 35.2 Å². The molecule has 0 saturated carbocycles. The topological polar surface area (TPSA) is 71.8 Å². The molecule has 7 heteroatoms. The zero-order valence-electron chi connectivity index (χ0n) is 16.8. The molecule has 1 atom stereocenters. The van der Waals surface area contributed by atoms with E-state index in [-0.39, 0.29) is 17.8 Å². The number of hydrogen-bond donors (Lipinski definition) is 2. The summed E-state index contributed by atoms with van der Waals surface area (Å²) in [5.41, 5.74) is 3.84. The van der Waals surface area contributed by atoms with E-state index in [0.717, 1.165) is 17.7 Å². The number of pyridine rings is 1. The van der Waals surface area contributed by atoms with E-state index in [4.69, 9.17) is 0 Å². The van der Waals surface area contributed by atoms with Crippen LogP contribution >= 0.6 is 0 Å². The van der Waals surface area contributed by atoms with Gasteiger partial charge in [0, 0.05) is 23.5 Å². The van der Waals surface area contributed by atoms with Gasteiger partial charge in [-0.2, -0.15) is 5.10 Å². The molecule has 152 valence electrons. The fourth-order valence-electron chi connectivity index (χ4n) is 3.45. The number of dihydropyridines is 1. The molecule has 3 heterocycles. The van der Waals surface area contributed by atoms with Gasteiger partial charge in [-0.15, -0.1) is 0 Å². The third-order valence-corrected chi connectivity index (χ3v) is 5.09. The van der Waals surface area contributed by atoms with Crippen molar-refractivity contribution in [2.75, 3.05) is 0 Å². The first-order chi connectivity index (χ1) is 14.6. The van der Waals surface area contributed by atoms with Crippen LogP contribution in [0.15, 0.2) is 78.6 Å². The standard InChI is InChI=1S/C23H22FN5O/c1-3-17-11-15(9-10-26-17)21(4-2)28-23(30)20-12-25-14-22-19(20)13-27-29(22)18-7-5-16(24)6-8-18/h3,5-14,21,26H,4H2,1-2H3,(H,28,30)/t21-/m0/s1. The molecule has 1 amide bonds. The van der Waals surface area contributed by atoms with Crippen LogP contribution in [0.1, 0.15) is 30.6 Å². The van der Waals surface area contributed by atoms with Crippen LogP contribution in [-0.2, 0) is 0 Å². The summed E-state index contributed by atoms with van der Waals surface area (Å²) in [5.74, 6) is -0.533. The molecule has 2 N–H and O–H groups in total. The number of hydrogen-bond acceptors (Lipinski definition) is 4. The summed E-state index contributed by atoms with van der Waals surface area (Å²) in [6, 6.07) is 5.89. The Morgan fingerprint density at radius 3 is 2.80 bits per heavy atom. The Kier molecular flexibility index (Phi) is 5.43. The zero-order valence-corrected chi connectivity index (χ0v) is 16.8. The highest BCUT2D eigenvalue weighted by Gasteiger charge is 2.20. The normalized spacial score (nSPS) is 15.7. The lowest BCUT2D eigenvalue weighted by atomic mass is 10.0.